The Morgan fingerprint density at radius 3 is 2.80 bits per heavy atom. The maximum atomic E-state index is 12.5. The minimum Gasteiger partial charge on any atom is -0.478 e. The Hall–Kier alpha value is -1.63. The minimum atomic E-state index is -1.04. The van der Waals surface area contributed by atoms with Crippen molar-refractivity contribution in [2.75, 3.05) is 25.0 Å². The van der Waals surface area contributed by atoms with E-state index in [1.165, 1.54) is 4.90 Å². The first-order valence-electron chi connectivity index (χ1n) is 6.64. The molecule has 110 valence electrons. The van der Waals surface area contributed by atoms with Gasteiger partial charge in [0.15, 0.2) is 0 Å². The molecule has 20 heavy (non-hydrogen) atoms. The van der Waals surface area contributed by atoms with Gasteiger partial charge in [-0.25, -0.2) is 9.59 Å². The van der Waals surface area contributed by atoms with Gasteiger partial charge >= 0.3 is 12.0 Å². The molecule has 1 saturated heterocycles. The molecule has 0 radical (unpaired) electrons. The number of aromatic carboxylic acids is 1. The Balaban J connectivity index is 2.20. The standard InChI is InChI=1S/C13H19N3O3S/c1-8-5-4-6-16(7-8)13(19)15(3)11-10(12(17)18)9(2)14-20-11/h8H,4-7H2,1-3H3,(H,17,18). The van der Waals surface area contributed by atoms with Crippen molar-refractivity contribution in [2.24, 2.45) is 5.92 Å². The largest absolute Gasteiger partial charge is 0.478 e. The molecule has 0 spiro atoms. The highest BCUT2D eigenvalue weighted by Gasteiger charge is 2.28. The van der Waals surface area contributed by atoms with Crippen molar-refractivity contribution in [1.29, 1.82) is 0 Å². The van der Waals surface area contributed by atoms with Crippen LogP contribution in [0.5, 0.6) is 0 Å². The van der Waals surface area contributed by atoms with Crippen molar-refractivity contribution < 1.29 is 14.7 Å². The number of urea groups is 1. The summed E-state index contributed by atoms with van der Waals surface area (Å²) in [4.78, 5) is 26.9. The second-order valence-electron chi connectivity index (χ2n) is 5.29. The molecule has 7 heteroatoms. The molecule has 1 atom stereocenters. The molecule has 2 amide bonds. The molecule has 1 aromatic rings. The molecular weight excluding hydrogens is 278 g/mol. The highest BCUT2D eigenvalue weighted by molar-refractivity contribution is 7.11. The Morgan fingerprint density at radius 2 is 2.20 bits per heavy atom. The third-order valence-electron chi connectivity index (χ3n) is 3.58. The molecule has 0 bridgehead atoms. The minimum absolute atomic E-state index is 0.121. The lowest BCUT2D eigenvalue weighted by Gasteiger charge is -2.33. The van der Waals surface area contributed by atoms with Gasteiger partial charge in [-0.3, -0.25) is 4.90 Å². The van der Waals surface area contributed by atoms with E-state index in [-0.39, 0.29) is 11.6 Å². The number of carbonyl (C=O) groups excluding carboxylic acids is 1. The monoisotopic (exact) mass is 297 g/mol. The number of likely N-dealkylation sites (tertiary alicyclic amines) is 1. The van der Waals surface area contributed by atoms with E-state index in [4.69, 9.17) is 0 Å². The van der Waals surface area contributed by atoms with Crippen LogP contribution in [0.25, 0.3) is 0 Å². The molecule has 1 N–H and O–H groups in total. The summed E-state index contributed by atoms with van der Waals surface area (Å²) in [7, 11) is 1.61. The molecule has 2 rings (SSSR count). The second-order valence-corrected chi connectivity index (χ2v) is 6.04. The fourth-order valence-corrected chi connectivity index (χ4v) is 3.34. The summed E-state index contributed by atoms with van der Waals surface area (Å²) >= 11 is 1.05. The van der Waals surface area contributed by atoms with Gasteiger partial charge in [0.05, 0.1) is 5.69 Å². The zero-order chi connectivity index (χ0) is 14.9. The number of carboxylic acid groups (broad SMARTS) is 1. The van der Waals surface area contributed by atoms with Gasteiger partial charge in [0.25, 0.3) is 0 Å². The van der Waals surface area contributed by atoms with Crippen LogP contribution < -0.4 is 4.90 Å². The summed E-state index contributed by atoms with van der Waals surface area (Å²) in [5.41, 5.74) is 0.570. The molecule has 1 aliphatic heterocycles. The Labute approximate surface area is 122 Å². The third-order valence-corrected chi connectivity index (χ3v) is 4.59. The van der Waals surface area contributed by atoms with Crippen LogP contribution in [0.2, 0.25) is 0 Å². The Bertz CT molecular complexity index is 529. The zero-order valence-corrected chi connectivity index (χ0v) is 12.7. The molecule has 2 heterocycles. The van der Waals surface area contributed by atoms with Crippen molar-refractivity contribution >= 4 is 28.5 Å². The number of anilines is 1. The molecule has 0 aliphatic carbocycles. The fraction of sp³-hybridized carbons (Fsp3) is 0.615. The quantitative estimate of drug-likeness (QED) is 0.910. The van der Waals surface area contributed by atoms with Crippen LogP contribution in [0.15, 0.2) is 0 Å². The van der Waals surface area contributed by atoms with Crippen LogP contribution in [0.1, 0.15) is 35.8 Å². The lowest BCUT2D eigenvalue weighted by atomic mass is 10.0. The molecular formula is C13H19N3O3S. The van der Waals surface area contributed by atoms with Gasteiger partial charge < -0.3 is 10.0 Å². The number of hydrogen-bond acceptors (Lipinski definition) is 4. The Morgan fingerprint density at radius 1 is 1.50 bits per heavy atom. The van der Waals surface area contributed by atoms with Gasteiger partial charge in [-0.2, -0.15) is 4.37 Å². The van der Waals surface area contributed by atoms with E-state index >= 15 is 0 Å². The van der Waals surface area contributed by atoms with Crippen molar-refractivity contribution in [1.82, 2.24) is 9.27 Å². The van der Waals surface area contributed by atoms with Crippen LogP contribution in [-0.2, 0) is 0 Å². The van der Waals surface area contributed by atoms with E-state index in [1.807, 2.05) is 0 Å². The molecule has 1 aromatic heterocycles. The molecule has 1 fully saturated rings. The van der Waals surface area contributed by atoms with Gasteiger partial charge in [0, 0.05) is 20.1 Å². The van der Waals surface area contributed by atoms with Crippen molar-refractivity contribution in [3.05, 3.63) is 11.3 Å². The maximum absolute atomic E-state index is 12.5. The summed E-state index contributed by atoms with van der Waals surface area (Å²) in [5.74, 6) is -0.554. The van der Waals surface area contributed by atoms with Gasteiger partial charge in [0.1, 0.15) is 10.6 Å². The number of carbonyl (C=O) groups is 2. The Kier molecular flexibility index (Phi) is 4.27. The van der Waals surface area contributed by atoms with Gasteiger partial charge in [-0.1, -0.05) is 6.92 Å². The van der Waals surface area contributed by atoms with Crippen molar-refractivity contribution in [3.8, 4) is 0 Å². The van der Waals surface area contributed by atoms with E-state index in [9.17, 15) is 14.7 Å². The summed E-state index contributed by atoms with van der Waals surface area (Å²) in [6, 6.07) is -0.150. The molecule has 0 saturated carbocycles. The fourth-order valence-electron chi connectivity index (χ4n) is 2.50. The van der Waals surface area contributed by atoms with Gasteiger partial charge in [-0.15, -0.1) is 0 Å². The summed E-state index contributed by atoms with van der Waals surface area (Å²) < 4.78 is 4.05. The number of carboxylic acids is 1. The van der Waals surface area contributed by atoms with Crippen LogP contribution in [0.3, 0.4) is 0 Å². The van der Waals surface area contributed by atoms with Crippen molar-refractivity contribution in [2.45, 2.75) is 26.7 Å². The van der Waals surface area contributed by atoms with E-state index in [2.05, 4.69) is 11.3 Å². The first-order valence-corrected chi connectivity index (χ1v) is 7.41. The molecule has 1 aliphatic rings. The third kappa shape index (κ3) is 2.77. The van der Waals surface area contributed by atoms with E-state index in [0.717, 1.165) is 37.5 Å². The number of rotatable bonds is 2. The molecule has 0 aromatic carbocycles. The predicted octanol–water partition coefficient (Wildman–Crippen LogP) is 2.44. The predicted molar refractivity (Wildman–Crippen MR) is 77.6 cm³/mol. The average molecular weight is 297 g/mol. The first kappa shape index (κ1) is 14.8. The summed E-state index contributed by atoms with van der Waals surface area (Å²) in [5, 5.41) is 9.63. The molecule has 6 nitrogen and oxygen atoms in total. The molecule has 1 unspecified atom stereocenters. The highest BCUT2D eigenvalue weighted by Crippen LogP contribution is 2.29. The number of aryl methyl sites for hydroxylation is 1. The second kappa shape index (κ2) is 5.78. The van der Waals surface area contributed by atoms with Gasteiger partial charge in [0.2, 0.25) is 0 Å². The number of hydrogen-bond donors (Lipinski definition) is 1. The zero-order valence-electron chi connectivity index (χ0n) is 11.9. The smallest absolute Gasteiger partial charge is 0.340 e. The van der Waals surface area contributed by atoms with E-state index < -0.39 is 5.97 Å². The summed E-state index contributed by atoms with van der Waals surface area (Å²) in [6.45, 7) is 5.22. The summed E-state index contributed by atoms with van der Waals surface area (Å²) in [6.07, 6.45) is 2.13. The van der Waals surface area contributed by atoms with Crippen LogP contribution >= 0.6 is 11.5 Å². The van der Waals surface area contributed by atoms with E-state index in [0.29, 0.717) is 16.6 Å². The van der Waals surface area contributed by atoms with Gasteiger partial charge in [-0.05, 0) is 37.2 Å². The van der Waals surface area contributed by atoms with E-state index in [1.54, 1.807) is 18.9 Å². The average Bonchev–Trinajstić information content (AvgIpc) is 2.79. The van der Waals surface area contributed by atoms with Crippen LogP contribution in [0, 0.1) is 12.8 Å². The maximum Gasteiger partial charge on any atom is 0.340 e. The lowest BCUT2D eigenvalue weighted by Crippen LogP contribution is -2.46. The number of nitrogens with zero attached hydrogens (tertiary/aromatic N) is 3. The topological polar surface area (TPSA) is 73.7 Å². The normalized spacial score (nSPS) is 18.9. The lowest BCUT2D eigenvalue weighted by molar-refractivity contribution is 0.0697. The number of piperidine rings is 1. The number of aromatic nitrogens is 1. The first-order chi connectivity index (χ1) is 9.41. The highest BCUT2D eigenvalue weighted by atomic mass is 32.1. The van der Waals surface area contributed by atoms with Crippen LogP contribution in [0.4, 0.5) is 9.80 Å². The van der Waals surface area contributed by atoms with Crippen molar-refractivity contribution in [3.63, 3.8) is 0 Å². The van der Waals surface area contributed by atoms with Crippen LogP contribution in [-0.4, -0.2) is 46.5 Å². The number of amides is 2. The SMILES string of the molecule is Cc1nsc(N(C)C(=O)N2CCCC(C)C2)c1C(=O)O.